The van der Waals surface area contributed by atoms with Crippen LogP contribution in [0, 0.1) is 5.92 Å². The van der Waals surface area contributed by atoms with Crippen LogP contribution in [0.4, 0.5) is 0 Å². The van der Waals surface area contributed by atoms with Crippen LogP contribution in [0.3, 0.4) is 0 Å². The first-order valence-corrected chi connectivity index (χ1v) is 6.90. The highest BCUT2D eigenvalue weighted by Crippen LogP contribution is 2.24. The molecule has 0 aromatic rings. The van der Waals surface area contributed by atoms with Crippen LogP contribution < -0.4 is 11.1 Å². The maximum Gasteiger partial charge on any atom is 0.220 e. The summed E-state index contributed by atoms with van der Waals surface area (Å²) in [5.74, 6) is -0.0157. The van der Waals surface area contributed by atoms with Crippen LogP contribution >= 0.6 is 0 Å². The molecule has 1 atom stereocenters. The summed E-state index contributed by atoms with van der Waals surface area (Å²) in [5, 5.41) is 3.57. The van der Waals surface area contributed by atoms with Crippen molar-refractivity contribution in [1.82, 2.24) is 5.32 Å². The number of ether oxygens (including phenoxy) is 1. The monoisotopic (exact) mass is 240 g/mol. The fourth-order valence-corrected chi connectivity index (χ4v) is 2.85. The maximum absolute atomic E-state index is 11.0. The number of primary amides is 1. The number of rotatable bonds is 4. The third-order valence-electron chi connectivity index (χ3n) is 4.04. The Kier molecular flexibility index (Phi) is 4.80. The van der Waals surface area contributed by atoms with Crippen molar-refractivity contribution in [2.24, 2.45) is 11.7 Å². The van der Waals surface area contributed by atoms with Crippen LogP contribution in [0.5, 0.6) is 0 Å². The Morgan fingerprint density at radius 3 is 2.53 bits per heavy atom. The summed E-state index contributed by atoms with van der Waals surface area (Å²) in [6.07, 6.45) is 8.11. The van der Waals surface area contributed by atoms with Crippen molar-refractivity contribution in [2.45, 2.75) is 57.1 Å². The highest BCUT2D eigenvalue weighted by atomic mass is 16.5. The molecule has 17 heavy (non-hydrogen) atoms. The van der Waals surface area contributed by atoms with Crippen molar-refractivity contribution in [1.29, 1.82) is 0 Å². The first kappa shape index (κ1) is 12.8. The van der Waals surface area contributed by atoms with Gasteiger partial charge in [-0.3, -0.25) is 4.79 Å². The number of nitrogens with two attached hydrogens (primary N) is 1. The zero-order valence-electron chi connectivity index (χ0n) is 10.5. The molecule has 3 N–H and O–H groups in total. The second-order valence-corrected chi connectivity index (χ2v) is 5.35. The Bertz CT molecular complexity index is 244. The summed E-state index contributed by atoms with van der Waals surface area (Å²) >= 11 is 0. The molecule has 4 nitrogen and oxygen atoms in total. The average molecular weight is 240 g/mol. The molecule has 1 heterocycles. The molecule has 1 saturated heterocycles. The van der Waals surface area contributed by atoms with E-state index in [-0.39, 0.29) is 11.8 Å². The average Bonchev–Trinajstić information content (AvgIpc) is 2.38. The fraction of sp³-hybridized carbons (Fsp3) is 0.923. The molecule has 1 aliphatic carbocycles. The van der Waals surface area contributed by atoms with Crippen LogP contribution in [-0.2, 0) is 9.53 Å². The summed E-state index contributed by atoms with van der Waals surface area (Å²) in [5.41, 5.74) is 5.32. The highest BCUT2D eigenvalue weighted by Gasteiger charge is 2.25. The van der Waals surface area contributed by atoms with Gasteiger partial charge in [0.05, 0.1) is 6.10 Å². The molecule has 2 rings (SSSR count). The van der Waals surface area contributed by atoms with Crippen LogP contribution in [0.1, 0.15) is 44.9 Å². The SMILES string of the molecule is NC(=O)C1CCC(NCC2CCCCO2)CC1. The largest absolute Gasteiger partial charge is 0.377 e. The summed E-state index contributed by atoms with van der Waals surface area (Å²) in [7, 11) is 0. The molecule has 0 spiro atoms. The van der Waals surface area contributed by atoms with E-state index < -0.39 is 0 Å². The van der Waals surface area contributed by atoms with E-state index in [0.29, 0.717) is 12.1 Å². The van der Waals surface area contributed by atoms with E-state index in [0.717, 1.165) is 38.8 Å². The molecule has 0 radical (unpaired) electrons. The quantitative estimate of drug-likeness (QED) is 0.776. The smallest absolute Gasteiger partial charge is 0.220 e. The highest BCUT2D eigenvalue weighted by molar-refractivity contribution is 5.76. The Hall–Kier alpha value is -0.610. The summed E-state index contributed by atoms with van der Waals surface area (Å²) < 4.78 is 5.69. The van der Waals surface area contributed by atoms with E-state index in [4.69, 9.17) is 10.5 Å². The number of amides is 1. The molecular weight excluding hydrogens is 216 g/mol. The molecule has 0 aromatic heterocycles. The molecule has 2 aliphatic rings. The Morgan fingerprint density at radius 2 is 1.94 bits per heavy atom. The van der Waals surface area contributed by atoms with E-state index >= 15 is 0 Å². The zero-order chi connectivity index (χ0) is 12.1. The van der Waals surface area contributed by atoms with Gasteiger partial charge in [-0.1, -0.05) is 0 Å². The van der Waals surface area contributed by atoms with E-state index in [1.807, 2.05) is 0 Å². The molecule has 1 aliphatic heterocycles. The normalized spacial score (nSPS) is 34.5. The number of carbonyl (C=O) groups excluding carboxylic acids is 1. The van der Waals surface area contributed by atoms with Gasteiger partial charge in [0.2, 0.25) is 5.91 Å². The molecule has 0 bridgehead atoms. The van der Waals surface area contributed by atoms with Gasteiger partial charge in [0.25, 0.3) is 0 Å². The Labute approximate surface area is 103 Å². The van der Waals surface area contributed by atoms with Crippen molar-refractivity contribution < 1.29 is 9.53 Å². The minimum absolute atomic E-state index is 0.110. The van der Waals surface area contributed by atoms with Crippen molar-refractivity contribution >= 4 is 5.91 Å². The van der Waals surface area contributed by atoms with E-state index in [1.54, 1.807) is 0 Å². The summed E-state index contributed by atoms with van der Waals surface area (Å²) in [6, 6.07) is 0.552. The lowest BCUT2D eigenvalue weighted by molar-refractivity contribution is -0.122. The molecule has 98 valence electrons. The van der Waals surface area contributed by atoms with Crippen molar-refractivity contribution in [3.63, 3.8) is 0 Å². The molecule has 1 saturated carbocycles. The molecular formula is C13H24N2O2. The first-order valence-electron chi connectivity index (χ1n) is 6.90. The minimum Gasteiger partial charge on any atom is -0.377 e. The van der Waals surface area contributed by atoms with Gasteiger partial charge < -0.3 is 15.8 Å². The third-order valence-corrected chi connectivity index (χ3v) is 4.04. The second kappa shape index (κ2) is 6.36. The van der Waals surface area contributed by atoms with Gasteiger partial charge in [-0.05, 0) is 44.9 Å². The van der Waals surface area contributed by atoms with Crippen molar-refractivity contribution in [3.8, 4) is 0 Å². The lowest BCUT2D eigenvalue weighted by Gasteiger charge is -2.30. The van der Waals surface area contributed by atoms with Gasteiger partial charge in [0, 0.05) is 25.1 Å². The number of hydrogen-bond acceptors (Lipinski definition) is 3. The van der Waals surface area contributed by atoms with Crippen molar-refractivity contribution in [3.05, 3.63) is 0 Å². The zero-order valence-corrected chi connectivity index (χ0v) is 10.5. The molecule has 1 unspecified atom stereocenters. The van der Waals surface area contributed by atoms with Gasteiger partial charge in [-0.2, -0.15) is 0 Å². The first-order chi connectivity index (χ1) is 8.25. The maximum atomic E-state index is 11.0. The predicted molar refractivity (Wildman–Crippen MR) is 66.5 cm³/mol. The van der Waals surface area contributed by atoms with Crippen LogP contribution in [0.15, 0.2) is 0 Å². The predicted octanol–water partition coefficient (Wildman–Crippen LogP) is 1.19. The van der Waals surface area contributed by atoms with Crippen molar-refractivity contribution in [2.75, 3.05) is 13.2 Å². The Morgan fingerprint density at radius 1 is 1.18 bits per heavy atom. The van der Waals surface area contributed by atoms with Crippen LogP contribution in [-0.4, -0.2) is 31.2 Å². The van der Waals surface area contributed by atoms with E-state index in [1.165, 1.54) is 19.3 Å². The molecule has 4 heteroatoms. The molecule has 2 fully saturated rings. The standard InChI is InChI=1S/C13H24N2O2/c14-13(16)10-4-6-11(7-5-10)15-9-12-3-1-2-8-17-12/h10-12,15H,1-9H2,(H2,14,16). The Balaban J connectivity index is 1.62. The summed E-state index contributed by atoms with van der Waals surface area (Å²) in [4.78, 5) is 11.0. The lowest BCUT2D eigenvalue weighted by atomic mass is 9.85. The van der Waals surface area contributed by atoms with Gasteiger partial charge in [0.15, 0.2) is 0 Å². The minimum atomic E-state index is -0.126. The summed E-state index contributed by atoms with van der Waals surface area (Å²) in [6.45, 7) is 1.88. The van der Waals surface area contributed by atoms with E-state index in [2.05, 4.69) is 5.32 Å². The van der Waals surface area contributed by atoms with Gasteiger partial charge in [-0.25, -0.2) is 0 Å². The topological polar surface area (TPSA) is 64.4 Å². The third kappa shape index (κ3) is 3.96. The van der Waals surface area contributed by atoms with E-state index in [9.17, 15) is 4.79 Å². The number of nitrogens with one attached hydrogen (secondary N) is 1. The van der Waals surface area contributed by atoms with Gasteiger partial charge >= 0.3 is 0 Å². The number of hydrogen-bond donors (Lipinski definition) is 2. The molecule has 0 aromatic carbocycles. The van der Waals surface area contributed by atoms with Gasteiger partial charge in [-0.15, -0.1) is 0 Å². The fourth-order valence-electron chi connectivity index (χ4n) is 2.85. The second-order valence-electron chi connectivity index (χ2n) is 5.35. The molecule has 1 amide bonds. The van der Waals surface area contributed by atoms with Gasteiger partial charge in [0.1, 0.15) is 0 Å². The lowest BCUT2D eigenvalue weighted by Crippen LogP contribution is -2.41. The van der Waals surface area contributed by atoms with Crippen LogP contribution in [0.25, 0.3) is 0 Å². The van der Waals surface area contributed by atoms with Crippen LogP contribution in [0.2, 0.25) is 0 Å². The number of carbonyl (C=O) groups is 1.